The van der Waals surface area contributed by atoms with Gasteiger partial charge in [-0.15, -0.1) is 0 Å². The van der Waals surface area contributed by atoms with Gasteiger partial charge in [0.1, 0.15) is 5.82 Å². The molecule has 0 radical (unpaired) electrons. The third-order valence-electron chi connectivity index (χ3n) is 2.60. The molecule has 0 heterocycles. The highest BCUT2D eigenvalue weighted by Gasteiger charge is 2.11. The van der Waals surface area contributed by atoms with Crippen molar-refractivity contribution in [2.24, 2.45) is 5.73 Å². The number of halogens is 2. The maximum Gasteiger partial charge on any atom is 0.256 e. The van der Waals surface area contributed by atoms with Crippen LogP contribution in [0.2, 0.25) is 0 Å². The second-order valence-electron chi connectivity index (χ2n) is 4.02. The summed E-state index contributed by atoms with van der Waals surface area (Å²) in [5, 5.41) is 2.64. The molecule has 0 aromatic heterocycles. The Balaban J connectivity index is 2.17. The molecule has 102 valence electrons. The van der Waals surface area contributed by atoms with Gasteiger partial charge in [-0.25, -0.2) is 4.39 Å². The van der Waals surface area contributed by atoms with Crippen molar-refractivity contribution in [2.75, 3.05) is 5.32 Å². The van der Waals surface area contributed by atoms with Crippen LogP contribution in [0, 0.1) is 5.82 Å². The van der Waals surface area contributed by atoms with E-state index in [1.165, 1.54) is 30.3 Å². The van der Waals surface area contributed by atoms with Crippen LogP contribution in [0.15, 0.2) is 46.9 Å². The number of anilines is 1. The molecule has 0 unspecified atom stereocenters. The van der Waals surface area contributed by atoms with Crippen molar-refractivity contribution in [1.82, 2.24) is 0 Å². The minimum atomic E-state index is -0.538. The van der Waals surface area contributed by atoms with E-state index in [0.717, 1.165) is 0 Å². The van der Waals surface area contributed by atoms with E-state index >= 15 is 0 Å². The lowest BCUT2D eigenvalue weighted by Crippen LogP contribution is -2.14. The van der Waals surface area contributed by atoms with Crippen LogP contribution in [-0.4, -0.2) is 11.8 Å². The number of nitrogens with two attached hydrogens (primary N) is 1. The highest BCUT2D eigenvalue weighted by atomic mass is 79.9. The van der Waals surface area contributed by atoms with Crippen LogP contribution in [0.1, 0.15) is 20.7 Å². The fourth-order valence-corrected chi connectivity index (χ4v) is 2.12. The highest BCUT2D eigenvalue weighted by Crippen LogP contribution is 2.19. The van der Waals surface area contributed by atoms with Gasteiger partial charge in [0.2, 0.25) is 5.91 Å². The molecule has 6 heteroatoms. The van der Waals surface area contributed by atoms with Gasteiger partial charge >= 0.3 is 0 Å². The molecule has 0 atom stereocenters. The van der Waals surface area contributed by atoms with E-state index in [1.807, 2.05) is 0 Å². The molecule has 0 saturated carbocycles. The van der Waals surface area contributed by atoms with Crippen LogP contribution in [0.3, 0.4) is 0 Å². The molecule has 2 amide bonds. The van der Waals surface area contributed by atoms with Gasteiger partial charge in [0.25, 0.3) is 5.91 Å². The maximum absolute atomic E-state index is 13.0. The van der Waals surface area contributed by atoms with Crippen LogP contribution in [-0.2, 0) is 0 Å². The molecular weight excluding hydrogens is 327 g/mol. The Labute approximate surface area is 122 Å². The van der Waals surface area contributed by atoms with Crippen LogP contribution in [0.5, 0.6) is 0 Å². The molecule has 0 aliphatic heterocycles. The standard InChI is InChI=1S/C14H10BrFN2O2/c15-12-7-9(16)3-6-11(12)14(20)18-10-4-1-8(2-5-10)13(17)19/h1-7H,(H2,17,19)(H,18,20). The van der Waals surface area contributed by atoms with Crippen molar-refractivity contribution in [1.29, 1.82) is 0 Å². The molecule has 2 aromatic carbocycles. The van der Waals surface area contributed by atoms with Crippen molar-refractivity contribution < 1.29 is 14.0 Å². The fourth-order valence-electron chi connectivity index (χ4n) is 1.59. The van der Waals surface area contributed by atoms with E-state index in [-0.39, 0.29) is 5.91 Å². The molecule has 0 fully saturated rings. The Morgan fingerprint density at radius 1 is 1.10 bits per heavy atom. The van der Waals surface area contributed by atoms with Crippen LogP contribution in [0.25, 0.3) is 0 Å². The second kappa shape index (κ2) is 5.83. The zero-order valence-electron chi connectivity index (χ0n) is 10.2. The summed E-state index contributed by atoms with van der Waals surface area (Å²) in [6.07, 6.45) is 0. The van der Waals surface area contributed by atoms with Gasteiger partial charge in [0.15, 0.2) is 0 Å². The highest BCUT2D eigenvalue weighted by molar-refractivity contribution is 9.10. The summed E-state index contributed by atoms with van der Waals surface area (Å²) < 4.78 is 13.3. The van der Waals surface area contributed by atoms with E-state index in [4.69, 9.17) is 5.73 Å². The van der Waals surface area contributed by atoms with Crippen molar-refractivity contribution in [3.63, 3.8) is 0 Å². The predicted molar refractivity (Wildman–Crippen MR) is 77.0 cm³/mol. The molecule has 0 saturated heterocycles. The molecule has 0 bridgehead atoms. The number of carbonyl (C=O) groups is 2. The third kappa shape index (κ3) is 3.21. The van der Waals surface area contributed by atoms with Gasteiger partial charge in [-0.3, -0.25) is 9.59 Å². The number of rotatable bonds is 3. The zero-order chi connectivity index (χ0) is 14.7. The average molecular weight is 337 g/mol. The number of primary amides is 1. The smallest absolute Gasteiger partial charge is 0.256 e. The van der Waals surface area contributed by atoms with E-state index in [0.29, 0.717) is 21.3 Å². The number of hydrogen-bond acceptors (Lipinski definition) is 2. The molecule has 4 nitrogen and oxygen atoms in total. The molecular formula is C14H10BrFN2O2. The van der Waals surface area contributed by atoms with E-state index in [1.54, 1.807) is 12.1 Å². The second-order valence-corrected chi connectivity index (χ2v) is 4.87. The van der Waals surface area contributed by atoms with Gasteiger partial charge in [-0.1, -0.05) is 0 Å². The molecule has 0 spiro atoms. The SMILES string of the molecule is NC(=O)c1ccc(NC(=O)c2ccc(F)cc2Br)cc1. The first kappa shape index (κ1) is 14.2. The Bertz CT molecular complexity index is 671. The van der Waals surface area contributed by atoms with Crippen molar-refractivity contribution in [3.05, 3.63) is 63.9 Å². The summed E-state index contributed by atoms with van der Waals surface area (Å²) in [6, 6.07) is 9.95. The fraction of sp³-hybridized carbons (Fsp3) is 0. The Hall–Kier alpha value is -2.21. The maximum atomic E-state index is 13.0. The van der Waals surface area contributed by atoms with Gasteiger partial charge < -0.3 is 11.1 Å². The quantitative estimate of drug-likeness (QED) is 0.904. The van der Waals surface area contributed by atoms with Gasteiger partial charge in [0, 0.05) is 15.7 Å². The summed E-state index contributed by atoms with van der Waals surface area (Å²) in [5.41, 5.74) is 6.30. The van der Waals surface area contributed by atoms with Gasteiger partial charge in [0.05, 0.1) is 5.56 Å². The normalized spacial score (nSPS) is 10.1. The van der Waals surface area contributed by atoms with Gasteiger partial charge in [-0.2, -0.15) is 0 Å². The number of hydrogen-bond donors (Lipinski definition) is 2. The van der Waals surface area contributed by atoms with E-state index in [9.17, 15) is 14.0 Å². The number of benzene rings is 2. The van der Waals surface area contributed by atoms with Crippen LogP contribution in [0.4, 0.5) is 10.1 Å². The zero-order valence-corrected chi connectivity index (χ0v) is 11.8. The first-order chi connectivity index (χ1) is 9.47. The summed E-state index contributed by atoms with van der Waals surface area (Å²) in [5.74, 6) is -1.35. The molecule has 20 heavy (non-hydrogen) atoms. The lowest BCUT2D eigenvalue weighted by molar-refractivity contribution is 0.0998. The Morgan fingerprint density at radius 3 is 2.30 bits per heavy atom. The predicted octanol–water partition coefficient (Wildman–Crippen LogP) is 2.94. The minimum Gasteiger partial charge on any atom is -0.366 e. The summed E-state index contributed by atoms with van der Waals surface area (Å²) >= 11 is 3.13. The molecule has 0 aliphatic rings. The molecule has 3 N–H and O–H groups in total. The average Bonchev–Trinajstić information content (AvgIpc) is 2.39. The Morgan fingerprint density at radius 2 is 1.75 bits per heavy atom. The molecule has 0 aliphatic carbocycles. The summed E-state index contributed by atoms with van der Waals surface area (Å²) in [7, 11) is 0. The lowest BCUT2D eigenvalue weighted by atomic mass is 10.1. The number of nitrogens with one attached hydrogen (secondary N) is 1. The largest absolute Gasteiger partial charge is 0.366 e. The van der Waals surface area contributed by atoms with Crippen molar-refractivity contribution in [3.8, 4) is 0 Å². The van der Waals surface area contributed by atoms with Crippen molar-refractivity contribution >= 4 is 33.4 Å². The number of amides is 2. The van der Waals surface area contributed by atoms with E-state index in [2.05, 4.69) is 21.2 Å². The van der Waals surface area contributed by atoms with Gasteiger partial charge in [-0.05, 0) is 58.4 Å². The summed E-state index contributed by atoms with van der Waals surface area (Å²) in [4.78, 5) is 22.9. The van der Waals surface area contributed by atoms with Crippen LogP contribution < -0.4 is 11.1 Å². The molecule has 2 aromatic rings. The third-order valence-corrected chi connectivity index (χ3v) is 3.26. The van der Waals surface area contributed by atoms with Crippen LogP contribution >= 0.6 is 15.9 Å². The minimum absolute atomic E-state index is 0.311. The van der Waals surface area contributed by atoms with E-state index < -0.39 is 11.7 Å². The van der Waals surface area contributed by atoms with Crippen molar-refractivity contribution in [2.45, 2.75) is 0 Å². The number of carbonyl (C=O) groups excluding carboxylic acids is 2. The Kier molecular flexibility index (Phi) is 4.14. The lowest BCUT2D eigenvalue weighted by Gasteiger charge is -2.07. The first-order valence-corrected chi connectivity index (χ1v) is 6.43. The first-order valence-electron chi connectivity index (χ1n) is 5.63. The monoisotopic (exact) mass is 336 g/mol. The molecule has 2 rings (SSSR count). The topological polar surface area (TPSA) is 72.2 Å². The summed E-state index contributed by atoms with van der Waals surface area (Å²) in [6.45, 7) is 0.